The van der Waals surface area contributed by atoms with Gasteiger partial charge in [0.15, 0.2) is 0 Å². The number of nitrogens with zero attached hydrogens (tertiary/aromatic N) is 5. The predicted octanol–water partition coefficient (Wildman–Crippen LogP) is 1.37. The first-order valence-electron chi connectivity index (χ1n) is 8.06. The van der Waals surface area contributed by atoms with Gasteiger partial charge in [0.25, 0.3) is 0 Å². The molecule has 0 spiro atoms. The molecule has 26 heavy (non-hydrogen) atoms. The first-order chi connectivity index (χ1) is 12.4. The van der Waals surface area contributed by atoms with Crippen LogP contribution in [0.4, 0.5) is 5.69 Å². The third kappa shape index (κ3) is 4.54. The molecule has 1 saturated heterocycles. The van der Waals surface area contributed by atoms with E-state index in [1.807, 2.05) is 35.2 Å². The third-order valence-corrected chi connectivity index (χ3v) is 5.66. The lowest BCUT2D eigenvalue weighted by Crippen LogP contribution is -2.48. The Morgan fingerprint density at radius 1 is 1.15 bits per heavy atom. The van der Waals surface area contributed by atoms with E-state index < -0.39 is 14.9 Å². The Kier molecular flexibility index (Phi) is 5.45. The van der Waals surface area contributed by atoms with Gasteiger partial charge in [-0.2, -0.15) is 9.40 Å². The van der Waals surface area contributed by atoms with E-state index >= 15 is 0 Å². The second-order valence-corrected chi connectivity index (χ2v) is 7.73. The topological polar surface area (TPSA) is 102 Å². The van der Waals surface area contributed by atoms with Crippen LogP contribution in [0.1, 0.15) is 5.56 Å². The van der Waals surface area contributed by atoms with Crippen molar-refractivity contribution in [2.24, 2.45) is 0 Å². The number of piperazine rings is 1. The van der Waals surface area contributed by atoms with Crippen LogP contribution in [-0.2, 0) is 16.7 Å². The molecule has 10 heteroatoms. The van der Waals surface area contributed by atoms with Gasteiger partial charge in [0.1, 0.15) is 12.4 Å². The van der Waals surface area contributed by atoms with E-state index in [4.69, 9.17) is 0 Å². The molecule has 0 amide bonds. The van der Waals surface area contributed by atoms with Crippen molar-refractivity contribution >= 4 is 21.8 Å². The molecule has 1 aromatic heterocycles. The summed E-state index contributed by atoms with van der Waals surface area (Å²) in [5.41, 5.74) is 0.771. The predicted molar refractivity (Wildman–Crippen MR) is 96.4 cm³/mol. The molecule has 2 aromatic rings. The molecule has 1 fully saturated rings. The lowest BCUT2D eigenvalue weighted by Gasteiger charge is -2.33. The fraction of sp³-hybridized carbons (Fsp3) is 0.312. The number of rotatable bonds is 6. The van der Waals surface area contributed by atoms with E-state index in [-0.39, 0.29) is 5.69 Å². The van der Waals surface area contributed by atoms with Gasteiger partial charge < -0.3 is 0 Å². The van der Waals surface area contributed by atoms with Crippen molar-refractivity contribution in [1.82, 2.24) is 19.0 Å². The molecule has 2 heterocycles. The average molecular weight is 377 g/mol. The average Bonchev–Trinajstić information content (AvgIpc) is 3.10. The van der Waals surface area contributed by atoms with Crippen molar-refractivity contribution in [2.45, 2.75) is 6.67 Å². The summed E-state index contributed by atoms with van der Waals surface area (Å²) < 4.78 is 27.8. The van der Waals surface area contributed by atoms with Gasteiger partial charge in [0.05, 0.1) is 11.6 Å². The molecular weight excluding hydrogens is 358 g/mol. The lowest BCUT2D eigenvalue weighted by atomic mass is 10.2. The second kappa shape index (κ2) is 7.77. The summed E-state index contributed by atoms with van der Waals surface area (Å²) in [6, 6.07) is 9.26. The van der Waals surface area contributed by atoms with Gasteiger partial charge in [0.2, 0.25) is 10.0 Å². The van der Waals surface area contributed by atoms with Crippen LogP contribution in [0.15, 0.2) is 48.1 Å². The Labute approximate surface area is 151 Å². The van der Waals surface area contributed by atoms with Gasteiger partial charge in [-0.25, -0.2) is 8.42 Å². The second-order valence-electron chi connectivity index (χ2n) is 5.91. The fourth-order valence-corrected chi connectivity index (χ4v) is 3.84. The van der Waals surface area contributed by atoms with Crippen LogP contribution >= 0.6 is 0 Å². The zero-order valence-corrected chi connectivity index (χ0v) is 14.8. The Bertz CT molecular complexity index is 886. The smallest absolute Gasteiger partial charge is 0.282 e. The molecule has 1 aliphatic heterocycles. The molecule has 3 rings (SSSR count). The van der Waals surface area contributed by atoms with Crippen molar-refractivity contribution in [3.63, 3.8) is 0 Å². The van der Waals surface area contributed by atoms with Gasteiger partial charge in [-0.3, -0.25) is 19.7 Å². The molecule has 138 valence electrons. The highest BCUT2D eigenvalue weighted by molar-refractivity contribution is 7.92. The van der Waals surface area contributed by atoms with Crippen molar-refractivity contribution in [1.29, 1.82) is 0 Å². The Morgan fingerprint density at radius 2 is 1.85 bits per heavy atom. The maximum Gasteiger partial charge on any atom is 0.307 e. The Balaban J connectivity index is 1.55. The van der Waals surface area contributed by atoms with Crippen molar-refractivity contribution in [3.05, 3.63) is 63.8 Å². The van der Waals surface area contributed by atoms with Crippen LogP contribution < -0.4 is 0 Å². The van der Waals surface area contributed by atoms with E-state index in [1.54, 1.807) is 6.08 Å². The largest absolute Gasteiger partial charge is 0.307 e. The van der Waals surface area contributed by atoms with Crippen molar-refractivity contribution < 1.29 is 13.3 Å². The first-order valence-corrected chi connectivity index (χ1v) is 9.57. The van der Waals surface area contributed by atoms with E-state index in [2.05, 4.69) is 5.10 Å². The molecule has 0 bridgehead atoms. The summed E-state index contributed by atoms with van der Waals surface area (Å²) >= 11 is 0. The van der Waals surface area contributed by atoms with Crippen LogP contribution in [0.2, 0.25) is 0 Å². The highest BCUT2D eigenvalue weighted by atomic mass is 32.2. The summed E-state index contributed by atoms with van der Waals surface area (Å²) in [5, 5.41) is 15.9. The molecule has 0 unspecified atom stereocenters. The van der Waals surface area contributed by atoms with Crippen LogP contribution in [0.5, 0.6) is 0 Å². The zero-order chi connectivity index (χ0) is 18.6. The molecular formula is C16H19N5O4S. The standard InChI is InChI=1S/C16H19N5O4S/c22-21(23)16-12-17-19(13-16)14-18-7-9-20(10-8-18)26(24,25)11-6-15-4-2-1-3-5-15/h1-6,11-13H,7-10,14H2/b11-6+. The number of sulfonamides is 1. The van der Waals surface area contributed by atoms with Gasteiger partial charge in [0, 0.05) is 31.6 Å². The van der Waals surface area contributed by atoms with E-state index in [1.165, 1.54) is 26.8 Å². The summed E-state index contributed by atoms with van der Waals surface area (Å²) in [4.78, 5) is 12.2. The maximum atomic E-state index is 12.4. The van der Waals surface area contributed by atoms with Crippen LogP contribution in [0, 0.1) is 10.1 Å². The van der Waals surface area contributed by atoms with Gasteiger partial charge in [-0.1, -0.05) is 30.3 Å². The van der Waals surface area contributed by atoms with E-state index in [9.17, 15) is 18.5 Å². The van der Waals surface area contributed by atoms with Gasteiger partial charge in [-0.15, -0.1) is 0 Å². The first kappa shape index (κ1) is 18.2. The Hall–Kier alpha value is -2.56. The molecule has 9 nitrogen and oxygen atoms in total. The van der Waals surface area contributed by atoms with Crippen molar-refractivity contribution in [3.8, 4) is 0 Å². The summed E-state index contributed by atoms with van der Waals surface area (Å²) in [7, 11) is -3.47. The number of benzene rings is 1. The van der Waals surface area contributed by atoms with Crippen molar-refractivity contribution in [2.75, 3.05) is 26.2 Å². The minimum absolute atomic E-state index is 0.0581. The molecule has 0 aliphatic carbocycles. The van der Waals surface area contributed by atoms with E-state index in [0.717, 1.165) is 5.56 Å². The molecule has 1 aromatic carbocycles. The van der Waals surface area contributed by atoms with Gasteiger partial charge >= 0.3 is 5.69 Å². The third-order valence-electron chi connectivity index (χ3n) is 4.10. The number of hydrogen-bond acceptors (Lipinski definition) is 6. The number of hydrogen-bond donors (Lipinski definition) is 0. The monoisotopic (exact) mass is 377 g/mol. The number of aromatic nitrogens is 2. The number of nitro groups is 1. The van der Waals surface area contributed by atoms with Gasteiger partial charge in [-0.05, 0) is 11.6 Å². The zero-order valence-electron chi connectivity index (χ0n) is 14.0. The minimum Gasteiger partial charge on any atom is -0.282 e. The van der Waals surface area contributed by atoms with Crippen LogP contribution in [0.25, 0.3) is 6.08 Å². The lowest BCUT2D eigenvalue weighted by molar-refractivity contribution is -0.385. The SMILES string of the molecule is O=[N+]([O-])c1cnn(CN2CCN(S(=O)(=O)/C=C/c3ccccc3)CC2)c1. The summed E-state index contributed by atoms with van der Waals surface area (Å²) in [6.45, 7) is 2.19. The van der Waals surface area contributed by atoms with Crippen LogP contribution in [0.3, 0.4) is 0 Å². The highest BCUT2D eigenvalue weighted by Gasteiger charge is 2.25. The molecule has 1 aliphatic rings. The molecule has 0 atom stereocenters. The van der Waals surface area contributed by atoms with Crippen LogP contribution in [-0.4, -0.2) is 58.5 Å². The van der Waals surface area contributed by atoms with E-state index in [0.29, 0.717) is 32.8 Å². The Morgan fingerprint density at radius 3 is 2.46 bits per heavy atom. The highest BCUT2D eigenvalue weighted by Crippen LogP contribution is 2.13. The molecule has 0 N–H and O–H groups in total. The normalized spacial score (nSPS) is 16.9. The molecule has 0 saturated carbocycles. The summed E-state index contributed by atoms with van der Waals surface area (Å²) in [5.74, 6) is 0. The maximum absolute atomic E-state index is 12.4. The fourth-order valence-electron chi connectivity index (χ4n) is 2.67. The minimum atomic E-state index is -3.47. The molecule has 0 radical (unpaired) electrons. The summed E-state index contributed by atoms with van der Waals surface area (Å²) in [6.07, 6.45) is 4.16. The quantitative estimate of drug-likeness (QED) is 0.556.